The van der Waals surface area contributed by atoms with Crippen LogP contribution in [0.2, 0.25) is 0 Å². The molecule has 0 aliphatic carbocycles. The van der Waals surface area contributed by atoms with Crippen LogP contribution < -0.4 is 4.74 Å². The molecule has 0 unspecified atom stereocenters. The van der Waals surface area contributed by atoms with Gasteiger partial charge in [0.1, 0.15) is 0 Å². The Labute approximate surface area is 87.8 Å². The Bertz CT molecular complexity index is 461. The first kappa shape index (κ1) is 12.1. The highest BCUT2D eigenvalue weighted by Gasteiger charge is 2.16. The fourth-order valence-corrected chi connectivity index (χ4v) is 1.59. The second-order valence-electron chi connectivity index (χ2n) is 2.41. The summed E-state index contributed by atoms with van der Waals surface area (Å²) in [4.78, 5) is -0.513. The van der Waals surface area contributed by atoms with Crippen LogP contribution >= 0.6 is 10.7 Å². The molecule has 0 N–H and O–H groups in total. The van der Waals surface area contributed by atoms with Gasteiger partial charge in [0.2, 0.25) is 0 Å². The average molecular weight is 261 g/mol. The lowest BCUT2D eigenvalue weighted by molar-refractivity contribution is -0.0523. The summed E-state index contributed by atoms with van der Waals surface area (Å²) >= 11 is 0. The molecule has 0 fully saturated rings. The molecule has 0 amide bonds. The van der Waals surface area contributed by atoms with E-state index in [1.54, 1.807) is 0 Å². The van der Waals surface area contributed by atoms with E-state index in [0.717, 1.165) is 6.07 Å². The monoisotopic (exact) mass is 260 g/mol. The van der Waals surface area contributed by atoms with Crippen molar-refractivity contribution in [2.75, 3.05) is 0 Å². The number of benzene rings is 1. The summed E-state index contributed by atoms with van der Waals surface area (Å²) in [6.45, 7) is -3.24. The van der Waals surface area contributed by atoms with Gasteiger partial charge >= 0.3 is 6.61 Å². The molecule has 0 heterocycles. The number of alkyl halides is 2. The number of hydrogen-bond acceptors (Lipinski definition) is 3. The van der Waals surface area contributed by atoms with Crippen LogP contribution in [0.25, 0.3) is 0 Å². The van der Waals surface area contributed by atoms with E-state index in [4.69, 9.17) is 10.7 Å². The quantitative estimate of drug-likeness (QED) is 0.784. The minimum absolute atomic E-state index is 0.513. The van der Waals surface area contributed by atoms with E-state index in [0.29, 0.717) is 12.1 Å². The molecular formula is C7H4ClF3O3S. The maximum atomic E-state index is 12.8. The van der Waals surface area contributed by atoms with Gasteiger partial charge in [-0.1, -0.05) is 0 Å². The van der Waals surface area contributed by atoms with E-state index in [9.17, 15) is 21.6 Å². The standard InChI is InChI=1S/C7H4ClF3O3S/c8-15(12,13)4-1-2-5(9)6(3-4)14-7(10)11/h1-3,7H. The zero-order valence-electron chi connectivity index (χ0n) is 6.95. The van der Waals surface area contributed by atoms with E-state index >= 15 is 0 Å². The molecule has 1 rings (SSSR count). The van der Waals surface area contributed by atoms with Crippen molar-refractivity contribution in [3.8, 4) is 5.75 Å². The highest BCUT2D eigenvalue weighted by Crippen LogP contribution is 2.25. The van der Waals surface area contributed by atoms with Gasteiger partial charge in [0.05, 0.1) is 4.90 Å². The highest BCUT2D eigenvalue weighted by molar-refractivity contribution is 8.13. The van der Waals surface area contributed by atoms with E-state index in [2.05, 4.69) is 4.74 Å². The molecule has 0 spiro atoms. The minimum Gasteiger partial charge on any atom is -0.432 e. The first-order valence-electron chi connectivity index (χ1n) is 3.50. The molecule has 0 bridgehead atoms. The van der Waals surface area contributed by atoms with Crippen molar-refractivity contribution < 1.29 is 26.3 Å². The van der Waals surface area contributed by atoms with Crippen LogP contribution in [0.4, 0.5) is 13.2 Å². The molecule has 0 saturated carbocycles. The minimum atomic E-state index is -4.10. The smallest absolute Gasteiger partial charge is 0.387 e. The molecule has 1 aromatic rings. The van der Waals surface area contributed by atoms with Gasteiger partial charge in [0.25, 0.3) is 9.05 Å². The zero-order valence-corrected chi connectivity index (χ0v) is 8.53. The molecule has 0 saturated heterocycles. The number of halogens is 4. The topological polar surface area (TPSA) is 43.4 Å². The Hall–Kier alpha value is -0.950. The van der Waals surface area contributed by atoms with Gasteiger partial charge in [-0.05, 0) is 12.1 Å². The van der Waals surface area contributed by atoms with Gasteiger partial charge in [-0.15, -0.1) is 0 Å². The molecule has 1 aromatic carbocycles. The lowest BCUT2D eigenvalue weighted by Crippen LogP contribution is -2.04. The maximum absolute atomic E-state index is 12.8. The number of hydrogen-bond donors (Lipinski definition) is 0. The first-order valence-corrected chi connectivity index (χ1v) is 5.80. The summed E-state index contributed by atoms with van der Waals surface area (Å²) in [5.41, 5.74) is 0. The normalized spacial score (nSPS) is 11.8. The second kappa shape index (κ2) is 4.28. The highest BCUT2D eigenvalue weighted by atomic mass is 35.7. The van der Waals surface area contributed by atoms with E-state index in [1.807, 2.05) is 0 Å². The molecule has 0 aromatic heterocycles. The third-order valence-corrected chi connectivity index (χ3v) is 2.75. The predicted molar refractivity (Wildman–Crippen MR) is 46.1 cm³/mol. The van der Waals surface area contributed by atoms with Crippen molar-refractivity contribution >= 4 is 19.7 Å². The fraction of sp³-hybridized carbons (Fsp3) is 0.143. The molecule has 0 aliphatic heterocycles. The van der Waals surface area contributed by atoms with E-state index in [-0.39, 0.29) is 0 Å². The van der Waals surface area contributed by atoms with Crippen molar-refractivity contribution in [2.24, 2.45) is 0 Å². The summed E-state index contributed by atoms with van der Waals surface area (Å²) in [6.07, 6.45) is 0. The van der Waals surface area contributed by atoms with E-state index in [1.165, 1.54) is 0 Å². The summed E-state index contributed by atoms with van der Waals surface area (Å²) in [5.74, 6) is -1.97. The summed E-state index contributed by atoms with van der Waals surface area (Å²) in [7, 11) is 0.829. The van der Waals surface area contributed by atoms with Gasteiger partial charge in [-0.25, -0.2) is 12.8 Å². The molecule has 0 aliphatic rings. The Morgan fingerprint density at radius 1 is 1.33 bits per heavy atom. The Kier molecular flexibility index (Phi) is 3.46. The molecule has 15 heavy (non-hydrogen) atoms. The van der Waals surface area contributed by atoms with Gasteiger partial charge in [0, 0.05) is 16.7 Å². The lowest BCUT2D eigenvalue weighted by atomic mass is 10.3. The molecule has 3 nitrogen and oxygen atoms in total. The Morgan fingerprint density at radius 2 is 1.93 bits per heavy atom. The maximum Gasteiger partial charge on any atom is 0.387 e. The van der Waals surface area contributed by atoms with Gasteiger partial charge in [0.15, 0.2) is 11.6 Å². The fourth-order valence-electron chi connectivity index (χ4n) is 0.822. The third kappa shape index (κ3) is 3.28. The van der Waals surface area contributed by atoms with Crippen LogP contribution in [-0.4, -0.2) is 15.0 Å². The van der Waals surface area contributed by atoms with Crippen molar-refractivity contribution in [1.82, 2.24) is 0 Å². The summed E-state index contributed by atoms with van der Waals surface area (Å²) < 4.78 is 61.7. The molecular weight excluding hydrogens is 257 g/mol. The SMILES string of the molecule is O=S(=O)(Cl)c1ccc(F)c(OC(F)F)c1. The second-order valence-corrected chi connectivity index (χ2v) is 4.97. The summed E-state index contributed by atoms with van der Waals surface area (Å²) in [6, 6.07) is 2.10. The van der Waals surface area contributed by atoms with Crippen molar-refractivity contribution in [2.45, 2.75) is 11.5 Å². The third-order valence-electron chi connectivity index (χ3n) is 1.40. The number of ether oxygens (including phenoxy) is 1. The van der Waals surface area contributed by atoms with Crippen LogP contribution in [0, 0.1) is 5.82 Å². The van der Waals surface area contributed by atoms with Crippen LogP contribution in [-0.2, 0) is 9.05 Å². The lowest BCUT2D eigenvalue weighted by Gasteiger charge is -2.06. The Balaban J connectivity index is 3.17. The van der Waals surface area contributed by atoms with Crippen LogP contribution in [0.1, 0.15) is 0 Å². The zero-order chi connectivity index (χ0) is 11.6. The predicted octanol–water partition coefficient (Wildman–Crippen LogP) is 2.35. The largest absolute Gasteiger partial charge is 0.432 e. The van der Waals surface area contributed by atoms with E-state index < -0.39 is 32.1 Å². The van der Waals surface area contributed by atoms with Crippen LogP contribution in [0.3, 0.4) is 0 Å². The average Bonchev–Trinajstić information content (AvgIpc) is 2.06. The van der Waals surface area contributed by atoms with Crippen LogP contribution in [0.5, 0.6) is 5.75 Å². The summed E-state index contributed by atoms with van der Waals surface area (Å²) in [5, 5.41) is 0. The van der Waals surface area contributed by atoms with Gasteiger partial charge in [-0.2, -0.15) is 8.78 Å². The molecule has 0 atom stereocenters. The Morgan fingerprint density at radius 3 is 2.40 bits per heavy atom. The van der Waals surface area contributed by atoms with Gasteiger partial charge < -0.3 is 4.74 Å². The van der Waals surface area contributed by atoms with Crippen LogP contribution in [0.15, 0.2) is 23.1 Å². The van der Waals surface area contributed by atoms with Crippen molar-refractivity contribution in [3.05, 3.63) is 24.0 Å². The van der Waals surface area contributed by atoms with Crippen molar-refractivity contribution in [1.29, 1.82) is 0 Å². The molecule has 8 heteroatoms. The van der Waals surface area contributed by atoms with Crippen molar-refractivity contribution in [3.63, 3.8) is 0 Å². The molecule has 0 radical (unpaired) electrons. The number of rotatable bonds is 3. The molecule has 84 valence electrons. The first-order chi connectivity index (χ1) is 6.80. The van der Waals surface area contributed by atoms with Gasteiger partial charge in [-0.3, -0.25) is 0 Å².